The molecule has 0 N–H and O–H groups in total. The lowest BCUT2D eigenvalue weighted by Gasteiger charge is -2.11. The molecule has 28 heavy (non-hydrogen) atoms. The SMILES string of the molecule is c1ccc(-n2c(-c3ccsc3)nc3c4ccccc4c4ccccc4c32)cc1. The predicted octanol–water partition coefficient (Wildman–Crippen LogP) is 7.06. The van der Waals surface area contributed by atoms with Gasteiger partial charge in [0.25, 0.3) is 0 Å². The molecule has 6 rings (SSSR count). The Labute approximate surface area is 166 Å². The Morgan fingerprint density at radius 2 is 1.29 bits per heavy atom. The van der Waals surface area contributed by atoms with Gasteiger partial charge in [-0.05, 0) is 34.4 Å². The minimum absolute atomic E-state index is 0.990. The maximum Gasteiger partial charge on any atom is 0.146 e. The van der Waals surface area contributed by atoms with Crippen molar-refractivity contribution in [3.8, 4) is 17.1 Å². The molecule has 0 bridgehead atoms. The van der Waals surface area contributed by atoms with Gasteiger partial charge in [-0.2, -0.15) is 11.3 Å². The molecule has 132 valence electrons. The average molecular weight is 376 g/mol. The first-order chi connectivity index (χ1) is 13.9. The monoisotopic (exact) mass is 376 g/mol. The normalized spacial score (nSPS) is 11.6. The van der Waals surface area contributed by atoms with Gasteiger partial charge in [0.05, 0.1) is 11.0 Å². The maximum absolute atomic E-state index is 5.18. The number of hydrogen-bond acceptors (Lipinski definition) is 2. The fraction of sp³-hybridized carbons (Fsp3) is 0. The molecule has 0 fully saturated rings. The quantitative estimate of drug-likeness (QED) is 0.296. The molecule has 6 aromatic rings. The summed E-state index contributed by atoms with van der Waals surface area (Å²) in [6, 6.07) is 29.9. The van der Waals surface area contributed by atoms with Gasteiger partial charge in [0, 0.05) is 27.4 Å². The number of fused-ring (bicyclic) bond motifs is 6. The standard InChI is InChI=1S/C25H16N2S/c1-2-8-18(9-3-1)27-24-22-13-7-5-11-20(22)19-10-4-6-12-21(19)23(24)26-25(27)17-14-15-28-16-17/h1-16H. The van der Waals surface area contributed by atoms with Crippen LogP contribution >= 0.6 is 11.3 Å². The highest BCUT2D eigenvalue weighted by Crippen LogP contribution is 2.39. The van der Waals surface area contributed by atoms with Crippen LogP contribution in [0.5, 0.6) is 0 Å². The zero-order chi connectivity index (χ0) is 18.5. The third-order valence-corrected chi connectivity index (χ3v) is 6.01. The molecule has 0 spiro atoms. The molecule has 0 radical (unpaired) electrons. The average Bonchev–Trinajstić information content (AvgIpc) is 3.43. The Balaban J connectivity index is 1.91. The first kappa shape index (κ1) is 15.6. The summed E-state index contributed by atoms with van der Waals surface area (Å²) in [5.41, 5.74) is 4.51. The van der Waals surface area contributed by atoms with Gasteiger partial charge in [-0.15, -0.1) is 0 Å². The number of hydrogen-bond donors (Lipinski definition) is 0. The van der Waals surface area contributed by atoms with Crippen molar-refractivity contribution in [1.29, 1.82) is 0 Å². The van der Waals surface area contributed by atoms with Crippen LogP contribution in [-0.4, -0.2) is 9.55 Å². The van der Waals surface area contributed by atoms with Crippen LogP contribution in [0.3, 0.4) is 0 Å². The molecule has 0 saturated carbocycles. The lowest BCUT2D eigenvalue weighted by Crippen LogP contribution is -1.97. The van der Waals surface area contributed by atoms with E-state index in [1.54, 1.807) is 11.3 Å². The van der Waals surface area contributed by atoms with Crippen molar-refractivity contribution < 1.29 is 0 Å². The van der Waals surface area contributed by atoms with Crippen LogP contribution in [0.25, 0.3) is 49.7 Å². The van der Waals surface area contributed by atoms with E-state index in [9.17, 15) is 0 Å². The lowest BCUT2D eigenvalue weighted by molar-refractivity contribution is 1.11. The number of thiophene rings is 1. The van der Waals surface area contributed by atoms with E-state index in [1.165, 1.54) is 27.1 Å². The largest absolute Gasteiger partial charge is 0.292 e. The molecule has 2 aromatic heterocycles. The van der Waals surface area contributed by atoms with Gasteiger partial charge < -0.3 is 0 Å². The van der Waals surface area contributed by atoms with E-state index in [1.807, 2.05) is 0 Å². The van der Waals surface area contributed by atoms with Crippen molar-refractivity contribution in [2.24, 2.45) is 0 Å². The smallest absolute Gasteiger partial charge is 0.146 e. The number of nitrogens with zero attached hydrogens (tertiary/aromatic N) is 2. The number of benzene rings is 4. The van der Waals surface area contributed by atoms with Crippen LogP contribution in [-0.2, 0) is 0 Å². The Morgan fingerprint density at radius 1 is 0.643 bits per heavy atom. The van der Waals surface area contributed by atoms with Crippen LogP contribution in [0.15, 0.2) is 95.7 Å². The van der Waals surface area contributed by atoms with Crippen molar-refractivity contribution in [3.05, 3.63) is 95.7 Å². The van der Waals surface area contributed by atoms with Gasteiger partial charge in [0.1, 0.15) is 5.82 Å². The van der Waals surface area contributed by atoms with Crippen molar-refractivity contribution in [3.63, 3.8) is 0 Å². The summed E-state index contributed by atoms with van der Waals surface area (Å²) < 4.78 is 2.31. The molecule has 3 heteroatoms. The summed E-state index contributed by atoms with van der Waals surface area (Å²) in [6.07, 6.45) is 0. The highest BCUT2D eigenvalue weighted by Gasteiger charge is 2.19. The molecule has 2 heterocycles. The zero-order valence-corrected chi connectivity index (χ0v) is 15.9. The molecule has 0 amide bonds. The molecule has 0 aliphatic rings. The summed E-state index contributed by atoms with van der Waals surface area (Å²) in [4.78, 5) is 5.18. The van der Waals surface area contributed by atoms with E-state index in [0.717, 1.165) is 22.6 Å². The molecule has 0 aliphatic heterocycles. The first-order valence-electron chi connectivity index (χ1n) is 9.32. The maximum atomic E-state index is 5.18. The Bertz CT molecular complexity index is 1440. The number of rotatable bonds is 2. The fourth-order valence-corrected chi connectivity index (χ4v) is 4.75. The highest BCUT2D eigenvalue weighted by molar-refractivity contribution is 7.08. The molecule has 0 saturated heterocycles. The number of imidazole rings is 1. The summed E-state index contributed by atoms with van der Waals surface area (Å²) in [5, 5.41) is 9.22. The van der Waals surface area contributed by atoms with Crippen molar-refractivity contribution in [2.45, 2.75) is 0 Å². The summed E-state index contributed by atoms with van der Waals surface area (Å²) in [7, 11) is 0. The molecule has 2 nitrogen and oxygen atoms in total. The van der Waals surface area contributed by atoms with Gasteiger partial charge in [0.2, 0.25) is 0 Å². The van der Waals surface area contributed by atoms with Crippen molar-refractivity contribution in [1.82, 2.24) is 9.55 Å². The van der Waals surface area contributed by atoms with Crippen LogP contribution in [0.2, 0.25) is 0 Å². The predicted molar refractivity (Wildman–Crippen MR) is 119 cm³/mol. The van der Waals surface area contributed by atoms with Gasteiger partial charge in [-0.3, -0.25) is 4.57 Å². The molecule has 0 atom stereocenters. The Hall–Kier alpha value is -3.43. The van der Waals surface area contributed by atoms with E-state index in [0.29, 0.717) is 0 Å². The van der Waals surface area contributed by atoms with Crippen molar-refractivity contribution >= 4 is 43.9 Å². The van der Waals surface area contributed by atoms with E-state index in [4.69, 9.17) is 4.98 Å². The topological polar surface area (TPSA) is 17.8 Å². The third-order valence-electron chi connectivity index (χ3n) is 5.33. The fourth-order valence-electron chi connectivity index (χ4n) is 4.12. The van der Waals surface area contributed by atoms with Gasteiger partial charge in [-0.25, -0.2) is 4.98 Å². The summed E-state index contributed by atoms with van der Waals surface area (Å²) >= 11 is 1.70. The van der Waals surface area contributed by atoms with Crippen LogP contribution in [0.1, 0.15) is 0 Å². The number of aromatic nitrogens is 2. The van der Waals surface area contributed by atoms with Gasteiger partial charge in [0.15, 0.2) is 0 Å². The molecule has 4 aromatic carbocycles. The van der Waals surface area contributed by atoms with Crippen molar-refractivity contribution in [2.75, 3.05) is 0 Å². The second-order valence-corrected chi connectivity index (χ2v) is 7.69. The van der Waals surface area contributed by atoms with E-state index in [-0.39, 0.29) is 0 Å². The van der Waals surface area contributed by atoms with Gasteiger partial charge >= 0.3 is 0 Å². The van der Waals surface area contributed by atoms with Crippen LogP contribution in [0, 0.1) is 0 Å². The number of para-hydroxylation sites is 1. The minimum Gasteiger partial charge on any atom is -0.292 e. The molecular weight excluding hydrogens is 360 g/mol. The van der Waals surface area contributed by atoms with E-state index in [2.05, 4.69) is 100 Å². The molecular formula is C25H16N2S. The summed E-state index contributed by atoms with van der Waals surface area (Å²) in [6.45, 7) is 0. The Morgan fingerprint density at radius 3 is 2.00 bits per heavy atom. The zero-order valence-electron chi connectivity index (χ0n) is 15.0. The van der Waals surface area contributed by atoms with Crippen LogP contribution < -0.4 is 0 Å². The lowest BCUT2D eigenvalue weighted by atomic mass is 10.00. The summed E-state index contributed by atoms with van der Waals surface area (Å²) in [5.74, 6) is 0.990. The second kappa shape index (κ2) is 6.04. The molecule has 0 aliphatic carbocycles. The van der Waals surface area contributed by atoms with E-state index >= 15 is 0 Å². The second-order valence-electron chi connectivity index (χ2n) is 6.91. The van der Waals surface area contributed by atoms with Gasteiger partial charge in [-0.1, -0.05) is 66.7 Å². The van der Waals surface area contributed by atoms with Crippen LogP contribution in [0.4, 0.5) is 0 Å². The van der Waals surface area contributed by atoms with E-state index < -0.39 is 0 Å². The third kappa shape index (κ3) is 2.17. The molecule has 0 unspecified atom stereocenters. The minimum atomic E-state index is 0.990. The highest BCUT2D eigenvalue weighted by atomic mass is 32.1. The Kier molecular flexibility index (Phi) is 3.37. The first-order valence-corrected chi connectivity index (χ1v) is 10.3.